The second-order valence-electron chi connectivity index (χ2n) is 5.46. The van der Waals surface area contributed by atoms with Gasteiger partial charge in [0.15, 0.2) is 0 Å². The zero-order valence-electron chi connectivity index (χ0n) is 13.7. The molecule has 0 radical (unpaired) electrons. The molecule has 1 fully saturated rings. The van der Waals surface area contributed by atoms with Crippen LogP contribution in [0.3, 0.4) is 0 Å². The van der Waals surface area contributed by atoms with Crippen LogP contribution in [0.1, 0.15) is 18.2 Å². The van der Waals surface area contributed by atoms with Gasteiger partial charge in [-0.15, -0.1) is 11.3 Å². The number of carbonyl (C=O) groups excluding carboxylic acids is 2. The number of carbonyl (C=O) groups is 3. The first-order chi connectivity index (χ1) is 12.1. The van der Waals surface area contributed by atoms with Gasteiger partial charge >= 0.3 is 0 Å². The van der Waals surface area contributed by atoms with Crippen LogP contribution in [0.25, 0.3) is 0 Å². The monoisotopic (exact) mass is 361 g/mol. The highest BCUT2D eigenvalue weighted by molar-refractivity contribution is 7.07. The quantitative estimate of drug-likeness (QED) is 0.836. The van der Waals surface area contributed by atoms with Gasteiger partial charge in [0.2, 0.25) is 11.8 Å². The summed E-state index contributed by atoms with van der Waals surface area (Å²) in [6.07, 6.45) is 0. The minimum atomic E-state index is -0.452. The van der Waals surface area contributed by atoms with E-state index in [0.717, 1.165) is 11.3 Å². The molecule has 1 aliphatic heterocycles. The number of amides is 2. The second-order valence-corrected chi connectivity index (χ2v) is 6.18. The van der Waals surface area contributed by atoms with Gasteiger partial charge in [-0.1, -0.05) is 30.3 Å². The van der Waals surface area contributed by atoms with Crippen LogP contribution >= 0.6 is 11.3 Å². The van der Waals surface area contributed by atoms with Crippen molar-refractivity contribution in [2.45, 2.75) is 26.1 Å². The standard InChI is InChI=1S/C16H17N3O2S.CH2O2/c1-12-16(21)18(7-13-5-3-2-4-6-13)9-15(20)19(12)8-14-10-22-11-17-14;2-1-3/h2-6,10-12H,7-9H2,1H3;1H,(H,2,3)/t12-;/m1./s1. The van der Waals surface area contributed by atoms with Crippen molar-refractivity contribution < 1.29 is 19.5 Å². The van der Waals surface area contributed by atoms with Crippen molar-refractivity contribution in [3.63, 3.8) is 0 Å². The van der Waals surface area contributed by atoms with E-state index in [-0.39, 0.29) is 24.8 Å². The number of rotatable bonds is 4. The summed E-state index contributed by atoms with van der Waals surface area (Å²) in [5.41, 5.74) is 3.59. The third-order valence-electron chi connectivity index (χ3n) is 3.82. The van der Waals surface area contributed by atoms with Crippen LogP contribution in [0.5, 0.6) is 0 Å². The van der Waals surface area contributed by atoms with Crippen LogP contribution in [0.15, 0.2) is 41.2 Å². The van der Waals surface area contributed by atoms with Crippen molar-refractivity contribution >= 4 is 29.6 Å². The fourth-order valence-electron chi connectivity index (χ4n) is 2.60. The molecule has 1 aromatic carbocycles. The Bertz CT molecular complexity index is 706. The Kier molecular flexibility index (Phi) is 6.64. The molecule has 7 nitrogen and oxygen atoms in total. The van der Waals surface area contributed by atoms with E-state index in [2.05, 4.69) is 4.98 Å². The summed E-state index contributed by atoms with van der Waals surface area (Å²) in [5, 5.41) is 8.79. The van der Waals surface area contributed by atoms with Crippen LogP contribution in [-0.4, -0.2) is 50.8 Å². The summed E-state index contributed by atoms with van der Waals surface area (Å²) in [6.45, 7) is 2.53. The van der Waals surface area contributed by atoms with Gasteiger partial charge in [-0.3, -0.25) is 14.4 Å². The predicted octanol–water partition coefficient (Wildman–Crippen LogP) is 1.60. The third kappa shape index (κ3) is 4.87. The van der Waals surface area contributed by atoms with Gasteiger partial charge in [0.1, 0.15) is 12.6 Å². The maximum atomic E-state index is 12.5. The topological polar surface area (TPSA) is 90.8 Å². The Labute approximate surface area is 149 Å². The molecule has 0 saturated carbocycles. The molecule has 25 heavy (non-hydrogen) atoms. The number of benzene rings is 1. The molecule has 1 aromatic heterocycles. The number of piperazine rings is 1. The lowest BCUT2D eigenvalue weighted by Crippen LogP contribution is -2.58. The minimum absolute atomic E-state index is 0.0151. The number of hydrogen-bond acceptors (Lipinski definition) is 5. The molecule has 1 aliphatic rings. The molecule has 2 heterocycles. The normalized spacial score (nSPS) is 17.1. The molecule has 1 N–H and O–H groups in total. The molecule has 0 unspecified atom stereocenters. The highest BCUT2D eigenvalue weighted by Gasteiger charge is 2.36. The molecule has 8 heteroatoms. The molecule has 3 rings (SSSR count). The van der Waals surface area contributed by atoms with Gasteiger partial charge in [-0.25, -0.2) is 4.98 Å². The molecule has 2 aromatic rings. The molecule has 1 atom stereocenters. The van der Waals surface area contributed by atoms with Gasteiger partial charge in [0.05, 0.1) is 17.7 Å². The predicted molar refractivity (Wildman–Crippen MR) is 92.7 cm³/mol. The summed E-state index contributed by atoms with van der Waals surface area (Å²) >= 11 is 1.49. The van der Waals surface area contributed by atoms with Gasteiger partial charge in [0, 0.05) is 11.9 Å². The summed E-state index contributed by atoms with van der Waals surface area (Å²) in [5.74, 6) is -0.0466. The highest BCUT2D eigenvalue weighted by atomic mass is 32.1. The lowest BCUT2D eigenvalue weighted by molar-refractivity contribution is -0.156. The first-order valence-corrected chi connectivity index (χ1v) is 8.58. The maximum absolute atomic E-state index is 12.5. The zero-order valence-corrected chi connectivity index (χ0v) is 14.6. The summed E-state index contributed by atoms with van der Waals surface area (Å²) in [4.78, 5) is 40.7. The van der Waals surface area contributed by atoms with E-state index in [0.29, 0.717) is 13.1 Å². The van der Waals surface area contributed by atoms with E-state index >= 15 is 0 Å². The van der Waals surface area contributed by atoms with Crippen molar-refractivity contribution in [2.75, 3.05) is 6.54 Å². The van der Waals surface area contributed by atoms with Crippen LogP contribution in [0.2, 0.25) is 0 Å². The number of nitrogens with zero attached hydrogens (tertiary/aromatic N) is 3. The van der Waals surface area contributed by atoms with Crippen LogP contribution < -0.4 is 0 Å². The van der Waals surface area contributed by atoms with Gasteiger partial charge in [0.25, 0.3) is 6.47 Å². The summed E-state index contributed by atoms with van der Waals surface area (Å²) in [7, 11) is 0. The van der Waals surface area contributed by atoms with Crippen molar-refractivity contribution in [1.82, 2.24) is 14.8 Å². The Morgan fingerprint density at radius 1 is 1.28 bits per heavy atom. The Hall–Kier alpha value is -2.74. The minimum Gasteiger partial charge on any atom is -0.483 e. The summed E-state index contributed by atoms with van der Waals surface area (Å²) in [6, 6.07) is 9.28. The van der Waals surface area contributed by atoms with E-state index in [1.54, 1.807) is 22.2 Å². The Morgan fingerprint density at radius 3 is 2.56 bits per heavy atom. The van der Waals surface area contributed by atoms with Crippen molar-refractivity contribution in [3.05, 3.63) is 52.5 Å². The van der Waals surface area contributed by atoms with E-state index in [1.165, 1.54) is 11.3 Å². The van der Waals surface area contributed by atoms with Crippen molar-refractivity contribution in [2.24, 2.45) is 0 Å². The van der Waals surface area contributed by atoms with E-state index in [9.17, 15) is 9.59 Å². The molecule has 0 spiro atoms. The number of hydrogen-bond donors (Lipinski definition) is 1. The van der Waals surface area contributed by atoms with Gasteiger partial charge in [-0.2, -0.15) is 0 Å². The van der Waals surface area contributed by atoms with Crippen molar-refractivity contribution in [1.29, 1.82) is 0 Å². The average molecular weight is 361 g/mol. The molecular weight excluding hydrogens is 342 g/mol. The molecular formula is C17H19N3O4S. The van der Waals surface area contributed by atoms with Crippen LogP contribution in [0.4, 0.5) is 0 Å². The molecule has 1 saturated heterocycles. The first-order valence-electron chi connectivity index (χ1n) is 7.64. The first kappa shape index (κ1) is 18.6. The maximum Gasteiger partial charge on any atom is 0.290 e. The zero-order chi connectivity index (χ0) is 18.2. The van der Waals surface area contributed by atoms with Crippen LogP contribution in [0, 0.1) is 0 Å². The SMILES string of the molecule is C[C@@H]1C(=O)N(Cc2ccccc2)CC(=O)N1Cc1cscn1.O=CO. The second kappa shape index (κ2) is 8.93. The number of carboxylic acid groups (broad SMARTS) is 1. The number of thiazole rings is 1. The lowest BCUT2D eigenvalue weighted by atomic mass is 10.1. The average Bonchev–Trinajstić information content (AvgIpc) is 3.11. The largest absolute Gasteiger partial charge is 0.483 e. The van der Waals surface area contributed by atoms with E-state index in [4.69, 9.17) is 9.90 Å². The highest BCUT2D eigenvalue weighted by Crippen LogP contribution is 2.18. The molecule has 0 bridgehead atoms. The lowest BCUT2D eigenvalue weighted by Gasteiger charge is -2.38. The third-order valence-corrected chi connectivity index (χ3v) is 4.45. The van der Waals surface area contributed by atoms with Crippen molar-refractivity contribution in [3.8, 4) is 0 Å². The Balaban J connectivity index is 0.000000701. The fraction of sp³-hybridized carbons (Fsp3) is 0.294. The van der Waals surface area contributed by atoms with Crippen LogP contribution in [-0.2, 0) is 27.5 Å². The smallest absolute Gasteiger partial charge is 0.290 e. The van der Waals surface area contributed by atoms with Gasteiger partial charge in [-0.05, 0) is 12.5 Å². The van der Waals surface area contributed by atoms with E-state index < -0.39 is 6.04 Å². The molecule has 132 valence electrons. The summed E-state index contributed by atoms with van der Waals surface area (Å²) < 4.78 is 0. The Morgan fingerprint density at radius 2 is 1.96 bits per heavy atom. The molecule has 2 amide bonds. The fourth-order valence-corrected chi connectivity index (χ4v) is 3.15. The van der Waals surface area contributed by atoms with E-state index in [1.807, 2.05) is 35.7 Å². The van der Waals surface area contributed by atoms with Gasteiger partial charge < -0.3 is 14.9 Å². The molecule has 0 aliphatic carbocycles. The number of aromatic nitrogens is 1.